The molecule has 0 saturated heterocycles. The van der Waals surface area contributed by atoms with Crippen LogP contribution in [0.2, 0.25) is 5.02 Å². The molecule has 1 aliphatic rings. The predicted octanol–water partition coefficient (Wildman–Crippen LogP) is 5.20. The molecule has 154 valence electrons. The smallest absolute Gasteiger partial charge is 0.326 e. The van der Waals surface area contributed by atoms with Gasteiger partial charge in [-0.25, -0.2) is 14.8 Å². The third-order valence-corrected chi connectivity index (χ3v) is 5.33. The fourth-order valence-electron chi connectivity index (χ4n) is 3.12. The molecule has 6 nitrogen and oxygen atoms in total. The molecule has 1 atom stereocenters. The van der Waals surface area contributed by atoms with E-state index in [0.29, 0.717) is 28.1 Å². The van der Waals surface area contributed by atoms with Crippen LogP contribution in [-0.2, 0) is 4.79 Å². The number of hydrogen-bond acceptors (Lipinski definition) is 5. The van der Waals surface area contributed by atoms with Crippen LogP contribution < -0.4 is 9.64 Å². The van der Waals surface area contributed by atoms with E-state index in [9.17, 15) is 9.90 Å². The van der Waals surface area contributed by atoms with E-state index >= 15 is 0 Å². The van der Waals surface area contributed by atoms with Gasteiger partial charge in [-0.05, 0) is 74.2 Å². The maximum Gasteiger partial charge on any atom is 0.326 e. The van der Waals surface area contributed by atoms with Crippen LogP contribution in [0.5, 0.6) is 5.75 Å². The number of carbonyl (C=O) groups is 1. The Balaban J connectivity index is 1.62. The summed E-state index contributed by atoms with van der Waals surface area (Å²) in [5.74, 6) is 1.07. The Morgan fingerprint density at radius 3 is 2.50 bits per heavy atom. The largest absolute Gasteiger partial charge is 0.493 e. The van der Waals surface area contributed by atoms with Gasteiger partial charge in [-0.15, -0.1) is 0 Å². The third-order valence-electron chi connectivity index (χ3n) is 5.08. The van der Waals surface area contributed by atoms with Crippen LogP contribution in [0.25, 0.3) is 11.3 Å². The van der Waals surface area contributed by atoms with Crippen LogP contribution >= 0.6 is 11.6 Å². The van der Waals surface area contributed by atoms with Crippen molar-refractivity contribution in [1.29, 1.82) is 0 Å². The summed E-state index contributed by atoms with van der Waals surface area (Å²) >= 11 is 5.99. The van der Waals surface area contributed by atoms with Crippen molar-refractivity contribution in [2.45, 2.75) is 25.8 Å². The zero-order valence-corrected chi connectivity index (χ0v) is 17.3. The fourth-order valence-corrected chi connectivity index (χ4v) is 3.25. The summed E-state index contributed by atoms with van der Waals surface area (Å²) in [5.41, 5.74) is 2.28. The summed E-state index contributed by atoms with van der Waals surface area (Å²) in [6, 6.07) is 15.7. The number of nitrogens with zero attached hydrogens (tertiary/aromatic N) is 3. The van der Waals surface area contributed by atoms with Gasteiger partial charge in [-0.2, -0.15) is 0 Å². The molecule has 1 aliphatic carbocycles. The SMILES string of the molecule is C[C@@H](C(=O)O)N(c1ccc(Cl)cc1)c1cc(-c2ccc(OCC3CC3)cc2)ncn1. The molecule has 1 aromatic heterocycles. The van der Waals surface area contributed by atoms with Crippen molar-refractivity contribution in [3.05, 3.63) is 65.9 Å². The van der Waals surface area contributed by atoms with Gasteiger partial charge in [0.05, 0.1) is 12.3 Å². The molecule has 30 heavy (non-hydrogen) atoms. The molecule has 0 aliphatic heterocycles. The molecule has 0 bridgehead atoms. The van der Waals surface area contributed by atoms with Crippen molar-refractivity contribution in [3.8, 4) is 17.0 Å². The highest BCUT2D eigenvalue weighted by Gasteiger charge is 2.24. The van der Waals surface area contributed by atoms with Gasteiger partial charge in [-0.3, -0.25) is 0 Å². The standard InChI is InChI=1S/C23H22ClN3O3/c1-15(23(28)29)27(19-8-6-18(24)7-9-19)22-12-21(25-14-26-22)17-4-10-20(11-5-17)30-13-16-2-3-16/h4-12,14-16H,2-3,13H2,1H3,(H,28,29)/t15-/m0/s1. The van der Waals surface area contributed by atoms with E-state index in [0.717, 1.165) is 17.9 Å². The lowest BCUT2D eigenvalue weighted by Crippen LogP contribution is -2.36. The quantitative estimate of drug-likeness (QED) is 0.536. The number of hydrogen-bond donors (Lipinski definition) is 1. The van der Waals surface area contributed by atoms with E-state index in [-0.39, 0.29) is 0 Å². The maximum atomic E-state index is 11.7. The Morgan fingerprint density at radius 1 is 1.17 bits per heavy atom. The van der Waals surface area contributed by atoms with E-state index < -0.39 is 12.0 Å². The van der Waals surface area contributed by atoms with Gasteiger partial charge in [-0.1, -0.05) is 11.6 Å². The van der Waals surface area contributed by atoms with Crippen LogP contribution in [0.3, 0.4) is 0 Å². The zero-order valence-electron chi connectivity index (χ0n) is 16.5. The van der Waals surface area contributed by atoms with Gasteiger partial charge < -0.3 is 14.7 Å². The molecule has 3 aromatic rings. The van der Waals surface area contributed by atoms with Crippen molar-refractivity contribution < 1.29 is 14.6 Å². The van der Waals surface area contributed by atoms with E-state index in [1.165, 1.54) is 19.2 Å². The Kier molecular flexibility index (Phi) is 5.86. The highest BCUT2D eigenvalue weighted by molar-refractivity contribution is 6.30. The normalized spacial score (nSPS) is 14.2. The van der Waals surface area contributed by atoms with Gasteiger partial charge in [0.2, 0.25) is 0 Å². The molecular formula is C23H22ClN3O3. The van der Waals surface area contributed by atoms with Crippen LogP contribution in [0.1, 0.15) is 19.8 Å². The Morgan fingerprint density at radius 2 is 1.87 bits per heavy atom. The lowest BCUT2D eigenvalue weighted by Gasteiger charge is -2.28. The summed E-state index contributed by atoms with van der Waals surface area (Å²) in [6.07, 6.45) is 3.95. The molecule has 4 rings (SSSR count). The van der Waals surface area contributed by atoms with Crippen LogP contribution in [0.4, 0.5) is 11.5 Å². The summed E-state index contributed by atoms with van der Waals surface area (Å²) in [4.78, 5) is 22.1. The molecule has 1 fully saturated rings. The fraction of sp³-hybridized carbons (Fsp3) is 0.261. The molecular weight excluding hydrogens is 402 g/mol. The summed E-state index contributed by atoms with van der Waals surface area (Å²) < 4.78 is 5.79. The van der Waals surface area contributed by atoms with Gasteiger partial charge in [0.25, 0.3) is 0 Å². The van der Waals surface area contributed by atoms with Gasteiger partial charge in [0, 0.05) is 22.3 Å². The number of rotatable bonds is 8. The maximum absolute atomic E-state index is 11.7. The highest BCUT2D eigenvalue weighted by Crippen LogP contribution is 2.32. The van der Waals surface area contributed by atoms with Gasteiger partial charge >= 0.3 is 5.97 Å². The molecule has 0 amide bonds. The second-order valence-electron chi connectivity index (χ2n) is 7.40. The average molecular weight is 424 g/mol. The van der Waals surface area contributed by atoms with Crippen molar-refractivity contribution in [2.75, 3.05) is 11.5 Å². The molecule has 0 unspecified atom stereocenters. The second kappa shape index (κ2) is 8.71. The number of halogens is 1. The number of aliphatic carboxylic acids is 1. The molecule has 2 aromatic carbocycles. The Hall–Kier alpha value is -3.12. The van der Waals surface area contributed by atoms with Crippen LogP contribution in [0.15, 0.2) is 60.9 Å². The third kappa shape index (κ3) is 4.71. The minimum Gasteiger partial charge on any atom is -0.493 e. The number of aromatic nitrogens is 2. The molecule has 7 heteroatoms. The monoisotopic (exact) mass is 423 g/mol. The first-order valence-electron chi connectivity index (χ1n) is 9.84. The van der Waals surface area contributed by atoms with Crippen molar-refractivity contribution in [2.24, 2.45) is 5.92 Å². The lowest BCUT2D eigenvalue weighted by atomic mass is 10.1. The molecule has 1 saturated carbocycles. The number of anilines is 2. The first kappa shape index (κ1) is 20.2. The molecule has 1 N–H and O–H groups in total. The average Bonchev–Trinajstić information content (AvgIpc) is 3.59. The summed E-state index contributed by atoms with van der Waals surface area (Å²) in [6.45, 7) is 2.38. The molecule has 0 radical (unpaired) electrons. The Labute approximate surface area is 180 Å². The first-order valence-corrected chi connectivity index (χ1v) is 10.2. The van der Waals surface area contributed by atoms with Gasteiger partial charge in [0.1, 0.15) is 23.9 Å². The Bertz CT molecular complexity index is 1020. The van der Waals surface area contributed by atoms with Crippen LogP contribution in [-0.4, -0.2) is 33.7 Å². The number of benzene rings is 2. The minimum absolute atomic E-state index is 0.492. The van der Waals surface area contributed by atoms with E-state index in [1.54, 1.807) is 42.2 Å². The highest BCUT2D eigenvalue weighted by atomic mass is 35.5. The van der Waals surface area contributed by atoms with Crippen LogP contribution in [0, 0.1) is 5.92 Å². The summed E-state index contributed by atoms with van der Waals surface area (Å²) in [7, 11) is 0. The van der Waals surface area contributed by atoms with E-state index in [1.807, 2.05) is 24.3 Å². The second-order valence-corrected chi connectivity index (χ2v) is 7.84. The van der Waals surface area contributed by atoms with Crippen molar-refractivity contribution in [1.82, 2.24) is 9.97 Å². The number of carboxylic acids is 1. The predicted molar refractivity (Wildman–Crippen MR) is 116 cm³/mol. The minimum atomic E-state index is -0.956. The van der Waals surface area contributed by atoms with Crippen molar-refractivity contribution in [3.63, 3.8) is 0 Å². The molecule has 1 heterocycles. The summed E-state index contributed by atoms with van der Waals surface area (Å²) in [5, 5.41) is 10.2. The number of ether oxygens (including phenoxy) is 1. The van der Waals surface area contributed by atoms with Crippen molar-refractivity contribution >= 4 is 29.1 Å². The number of carboxylic acid groups (broad SMARTS) is 1. The topological polar surface area (TPSA) is 75.5 Å². The van der Waals surface area contributed by atoms with E-state index in [4.69, 9.17) is 16.3 Å². The van der Waals surface area contributed by atoms with Gasteiger partial charge in [0.15, 0.2) is 0 Å². The lowest BCUT2D eigenvalue weighted by molar-refractivity contribution is -0.138. The first-order chi connectivity index (χ1) is 14.5. The zero-order chi connectivity index (χ0) is 21.1. The van der Waals surface area contributed by atoms with E-state index in [2.05, 4.69) is 9.97 Å². The molecule has 0 spiro atoms.